The minimum absolute atomic E-state index is 0.0982. The molecular weight excluding hydrogens is 472 g/mol. The molecule has 2 aromatic heterocycles. The fourth-order valence-electron chi connectivity index (χ4n) is 4.78. The minimum atomic E-state index is -0.174. The molecular formula is C32H42N4O2. The molecule has 0 aliphatic carbocycles. The number of hydrogen-bond acceptors (Lipinski definition) is 6. The van der Waals surface area contributed by atoms with E-state index in [1.807, 2.05) is 6.07 Å². The lowest BCUT2D eigenvalue weighted by Crippen LogP contribution is -2.19. The van der Waals surface area contributed by atoms with E-state index >= 15 is 0 Å². The van der Waals surface area contributed by atoms with Crippen molar-refractivity contribution in [1.82, 2.24) is 20.4 Å². The van der Waals surface area contributed by atoms with Gasteiger partial charge in [0, 0.05) is 22.1 Å². The number of rotatable bonds is 9. The van der Waals surface area contributed by atoms with Gasteiger partial charge >= 0.3 is 0 Å². The van der Waals surface area contributed by atoms with Gasteiger partial charge in [-0.05, 0) is 71.6 Å². The zero-order chi connectivity index (χ0) is 27.7. The van der Waals surface area contributed by atoms with E-state index in [4.69, 9.17) is 8.83 Å². The number of benzene rings is 2. The second-order valence-electron chi connectivity index (χ2n) is 12.4. The van der Waals surface area contributed by atoms with Gasteiger partial charge in [-0.15, -0.1) is 20.4 Å². The highest BCUT2D eigenvalue weighted by atomic mass is 16.4. The van der Waals surface area contributed by atoms with Gasteiger partial charge in [-0.25, -0.2) is 0 Å². The molecule has 4 rings (SSSR count). The van der Waals surface area contributed by atoms with Crippen molar-refractivity contribution in [3.8, 4) is 34.4 Å². The molecule has 0 radical (unpaired) electrons. The summed E-state index contributed by atoms with van der Waals surface area (Å²) >= 11 is 0. The monoisotopic (exact) mass is 514 g/mol. The molecule has 0 atom stereocenters. The molecule has 0 bridgehead atoms. The van der Waals surface area contributed by atoms with Crippen LogP contribution in [-0.2, 0) is 16.2 Å². The van der Waals surface area contributed by atoms with Crippen LogP contribution >= 0.6 is 0 Å². The predicted molar refractivity (Wildman–Crippen MR) is 153 cm³/mol. The SMILES string of the molecule is CCCC(C)(C)c1nnc(-c2cc(-c3nnc(-c4ccc(C(C)(CC)CC)cc4)o3)cc(C(C)(C)C)c2)o1. The first-order chi connectivity index (χ1) is 17.9. The maximum atomic E-state index is 6.19. The quantitative estimate of drug-likeness (QED) is 0.222. The summed E-state index contributed by atoms with van der Waals surface area (Å²) < 4.78 is 12.4. The maximum Gasteiger partial charge on any atom is 0.248 e. The van der Waals surface area contributed by atoms with Crippen LogP contribution < -0.4 is 0 Å². The summed E-state index contributed by atoms with van der Waals surface area (Å²) in [6.45, 7) is 19.8. The van der Waals surface area contributed by atoms with E-state index in [-0.39, 0.29) is 16.2 Å². The van der Waals surface area contributed by atoms with Crippen LogP contribution in [0.4, 0.5) is 0 Å². The minimum Gasteiger partial charge on any atom is -0.420 e. The Kier molecular flexibility index (Phi) is 7.64. The Balaban J connectivity index is 1.70. The maximum absolute atomic E-state index is 6.19. The highest BCUT2D eigenvalue weighted by Gasteiger charge is 2.28. The van der Waals surface area contributed by atoms with E-state index in [2.05, 4.69) is 119 Å². The summed E-state index contributed by atoms with van der Waals surface area (Å²) in [4.78, 5) is 0. The topological polar surface area (TPSA) is 77.8 Å². The van der Waals surface area contributed by atoms with Gasteiger partial charge in [0.1, 0.15) is 0 Å². The summed E-state index contributed by atoms with van der Waals surface area (Å²) in [6.07, 6.45) is 4.21. The van der Waals surface area contributed by atoms with Crippen LogP contribution in [0.1, 0.15) is 105 Å². The standard InChI is InChI=1S/C32H42N4O2/c1-10-17-31(7,8)29-36-35-28(38-29)23-18-22(19-25(20-23)30(4,5)6)27-34-33-26(37-27)21-13-15-24(16-14-21)32(9,11-2)12-3/h13-16,18-20H,10-12,17H2,1-9H3. The lowest BCUT2D eigenvalue weighted by molar-refractivity contribution is 0.351. The third-order valence-electron chi connectivity index (χ3n) is 7.99. The summed E-state index contributed by atoms with van der Waals surface area (Å²) in [6, 6.07) is 14.7. The molecule has 0 aliphatic rings. The molecule has 38 heavy (non-hydrogen) atoms. The van der Waals surface area contributed by atoms with Gasteiger partial charge in [-0.1, -0.05) is 80.9 Å². The zero-order valence-electron chi connectivity index (χ0n) is 24.5. The molecule has 0 spiro atoms. The Hall–Kier alpha value is -3.28. The van der Waals surface area contributed by atoms with Crippen molar-refractivity contribution in [2.45, 2.75) is 104 Å². The molecule has 202 valence electrons. The van der Waals surface area contributed by atoms with Crippen molar-refractivity contribution in [3.63, 3.8) is 0 Å². The Bertz CT molecular complexity index is 1370. The van der Waals surface area contributed by atoms with Gasteiger partial charge in [0.25, 0.3) is 0 Å². The Morgan fingerprint density at radius 2 is 1.13 bits per heavy atom. The van der Waals surface area contributed by atoms with Crippen molar-refractivity contribution in [2.24, 2.45) is 0 Å². The van der Waals surface area contributed by atoms with E-state index in [0.717, 1.165) is 47.9 Å². The van der Waals surface area contributed by atoms with E-state index < -0.39 is 0 Å². The van der Waals surface area contributed by atoms with E-state index in [9.17, 15) is 0 Å². The predicted octanol–water partition coefficient (Wildman–Crippen LogP) is 8.91. The van der Waals surface area contributed by atoms with Crippen LogP contribution in [0, 0.1) is 0 Å². The average molecular weight is 515 g/mol. The number of hydrogen-bond donors (Lipinski definition) is 0. The van der Waals surface area contributed by atoms with Crippen molar-refractivity contribution >= 4 is 0 Å². The Labute approximate surface area is 227 Å². The molecule has 0 unspecified atom stereocenters. The lowest BCUT2D eigenvalue weighted by atomic mass is 9.78. The average Bonchev–Trinajstić information content (AvgIpc) is 3.59. The third-order valence-corrected chi connectivity index (χ3v) is 7.99. The van der Waals surface area contributed by atoms with Crippen LogP contribution in [0.5, 0.6) is 0 Å². The molecule has 0 saturated carbocycles. The van der Waals surface area contributed by atoms with Crippen LogP contribution in [0.2, 0.25) is 0 Å². The van der Waals surface area contributed by atoms with Gasteiger partial charge in [0.05, 0.1) is 0 Å². The fourth-order valence-corrected chi connectivity index (χ4v) is 4.78. The second-order valence-corrected chi connectivity index (χ2v) is 12.4. The molecule has 6 nitrogen and oxygen atoms in total. The summed E-state index contributed by atoms with van der Waals surface area (Å²) in [5.74, 6) is 2.13. The van der Waals surface area contributed by atoms with Crippen molar-refractivity contribution < 1.29 is 8.83 Å². The second kappa shape index (κ2) is 10.5. The van der Waals surface area contributed by atoms with Crippen molar-refractivity contribution in [1.29, 1.82) is 0 Å². The summed E-state index contributed by atoms with van der Waals surface area (Å²) in [5, 5.41) is 17.6. The molecule has 2 aromatic carbocycles. The molecule has 2 heterocycles. The molecule has 0 amide bonds. The van der Waals surface area contributed by atoms with Crippen molar-refractivity contribution in [2.75, 3.05) is 0 Å². The van der Waals surface area contributed by atoms with Gasteiger partial charge in [-0.2, -0.15) is 0 Å². The van der Waals surface area contributed by atoms with Crippen LogP contribution in [-0.4, -0.2) is 20.4 Å². The van der Waals surface area contributed by atoms with Crippen LogP contribution in [0.3, 0.4) is 0 Å². The summed E-state index contributed by atoms with van der Waals surface area (Å²) in [5.41, 5.74) is 4.94. The lowest BCUT2D eigenvalue weighted by Gasteiger charge is -2.27. The molecule has 4 aromatic rings. The highest BCUT2D eigenvalue weighted by Crippen LogP contribution is 2.36. The van der Waals surface area contributed by atoms with Gasteiger partial charge in [0.15, 0.2) is 0 Å². The smallest absolute Gasteiger partial charge is 0.248 e. The highest BCUT2D eigenvalue weighted by molar-refractivity contribution is 5.67. The molecule has 0 N–H and O–H groups in total. The van der Waals surface area contributed by atoms with Crippen LogP contribution in [0.15, 0.2) is 51.3 Å². The first-order valence-electron chi connectivity index (χ1n) is 13.8. The van der Waals surface area contributed by atoms with Gasteiger partial charge in [0.2, 0.25) is 23.6 Å². The van der Waals surface area contributed by atoms with E-state index in [1.54, 1.807) is 0 Å². The fraction of sp³-hybridized carbons (Fsp3) is 0.500. The van der Waals surface area contributed by atoms with Crippen molar-refractivity contribution in [3.05, 3.63) is 59.5 Å². The normalized spacial score (nSPS) is 12.8. The third kappa shape index (κ3) is 5.59. The first kappa shape index (κ1) is 27.7. The largest absolute Gasteiger partial charge is 0.420 e. The first-order valence-corrected chi connectivity index (χ1v) is 13.8. The van der Waals surface area contributed by atoms with E-state index in [0.29, 0.717) is 23.6 Å². The molecule has 0 fully saturated rings. The van der Waals surface area contributed by atoms with E-state index in [1.165, 1.54) is 5.56 Å². The summed E-state index contributed by atoms with van der Waals surface area (Å²) in [7, 11) is 0. The van der Waals surface area contributed by atoms with Crippen LogP contribution in [0.25, 0.3) is 34.4 Å². The number of nitrogens with zero attached hydrogens (tertiary/aromatic N) is 4. The number of aromatic nitrogens is 4. The Morgan fingerprint density at radius 1 is 0.605 bits per heavy atom. The molecule has 0 saturated heterocycles. The van der Waals surface area contributed by atoms with Gasteiger partial charge < -0.3 is 8.83 Å². The Morgan fingerprint density at radius 3 is 1.66 bits per heavy atom. The molecule has 6 heteroatoms. The van der Waals surface area contributed by atoms with Gasteiger partial charge in [-0.3, -0.25) is 0 Å². The zero-order valence-corrected chi connectivity index (χ0v) is 24.5. The molecule has 0 aliphatic heterocycles.